The molecule has 0 aliphatic heterocycles. The van der Waals surface area contributed by atoms with E-state index in [9.17, 15) is 19.5 Å². The molecule has 1 aromatic carbocycles. The Morgan fingerprint density at radius 2 is 1.70 bits per heavy atom. The number of aliphatic hydroxyl groups is 1. The fourth-order valence-electron chi connectivity index (χ4n) is 3.34. The van der Waals surface area contributed by atoms with Crippen LogP contribution in [-0.2, 0) is 23.9 Å². The maximum absolute atomic E-state index is 12.4. The predicted molar refractivity (Wildman–Crippen MR) is 80.4 cm³/mol. The molecule has 6 heteroatoms. The van der Waals surface area contributed by atoms with E-state index in [2.05, 4.69) is 0 Å². The van der Waals surface area contributed by atoms with Gasteiger partial charge in [-0.3, -0.25) is 14.4 Å². The molecule has 0 heterocycles. The molecule has 1 aliphatic rings. The van der Waals surface area contributed by atoms with Crippen molar-refractivity contribution < 1.29 is 29.0 Å². The number of rotatable bonds is 3. The van der Waals surface area contributed by atoms with Gasteiger partial charge in [-0.15, -0.1) is 0 Å². The number of ether oxygens (including phenoxy) is 2. The summed E-state index contributed by atoms with van der Waals surface area (Å²) in [6.45, 7) is 1.41. The lowest BCUT2D eigenvalue weighted by atomic mass is 9.62. The lowest BCUT2D eigenvalue weighted by Gasteiger charge is -2.43. The third kappa shape index (κ3) is 3.12. The van der Waals surface area contributed by atoms with Crippen LogP contribution in [0.4, 0.5) is 0 Å². The van der Waals surface area contributed by atoms with E-state index in [0.29, 0.717) is 5.56 Å². The highest BCUT2D eigenvalue weighted by molar-refractivity contribution is 6.02. The summed E-state index contributed by atoms with van der Waals surface area (Å²) in [5, 5.41) is 10.6. The van der Waals surface area contributed by atoms with Gasteiger partial charge >= 0.3 is 11.9 Å². The monoisotopic (exact) mass is 320 g/mol. The molecule has 0 bridgehead atoms. The largest absolute Gasteiger partial charge is 0.469 e. The standard InChI is InChI=1S/C17H20O6/c1-17(21)9-11(18)13(15(19)22-2)12(14(17)16(20)23-3)10-7-5-4-6-8-10/h4-8,12-14,21H,9H2,1-3H3/t12-,13-,14+,17-/m1/s1. The van der Waals surface area contributed by atoms with Crippen molar-refractivity contribution in [2.75, 3.05) is 14.2 Å². The molecule has 1 aliphatic carbocycles. The zero-order chi connectivity index (χ0) is 17.2. The van der Waals surface area contributed by atoms with Crippen LogP contribution in [0.1, 0.15) is 24.8 Å². The van der Waals surface area contributed by atoms with Gasteiger partial charge in [0.25, 0.3) is 0 Å². The van der Waals surface area contributed by atoms with E-state index in [1.165, 1.54) is 21.1 Å². The maximum atomic E-state index is 12.4. The van der Waals surface area contributed by atoms with Crippen molar-refractivity contribution in [2.24, 2.45) is 11.8 Å². The molecular weight excluding hydrogens is 300 g/mol. The number of carbonyl (C=O) groups is 3. The highest BCUT2D eigenvalue weighted by atomic mass is 16.5. The van der Waals surface area contributed by atoms with E-state index in [1.807, 2.05) is 0 Å². The first-order valence-electron chi connectivity index (χ1n) is 7.29. The lowest BCUT2D eigenvalue weighted by molar-refractivity contribution is -0.170. The van der Waals surface area contributed by atoms with Gasteiger partial charge in [0.05, 0.1) is 25.7 Å². The van der Waals surface area contributed by atoms with Gasteiger partial charge in [-0.1, -0.05) is 30.3 Å². The van der Waals surface area contributed by atoms with Crippen LogP contribution in [0.25, 0.3) is 0 Å². The van der Waals surface area contributed by atoms with Crippen molar-refractivity contribution in [3.05, 3.63) is 35.9 Å². The van der Waals surface area contributed by atoms with E-state index in [0.717, 1.165) is 0 Å². The molecule has 0 spiro atoms. The van der Waals surface area contributed by atoms with Crippen molar-refractivity contribution >= 4 is 17.7 Å². The van der Waals surface area contributed by atoms with Gasteiger partial charge in [0, 0.05) is 12.3 Å². The van der Waals surface area contributed by atoms with Crippen molar-refractivity contribution in [1.29, 1.82) is 0 Å². The molecule has 1 aromatic rings. The normalized spacial score (nSPS) is 30.6. The van der Waals surface area contributed by atoms with E-state index >= 15 is 0 Å². The molecule has 1 saturated carbocycles. The highest BCUT2D eigenvalue weighted by Gasteiger charge is 2.56. The third-order valence-electron chi connectivity index (χ3n) is 4.36. The zero-order valence-electron chi connectivity index (χ0n) is 13.3. The quantitative estimate of drug-likeness (QED) is 0.662. The number of hydrogen-bond acceptors (Lipinski definition) is 6. The molecule has 0 saturated heterocycles. The summed E-state index contributed by atoms with van der Waals surface area (Å²) in [5.41, 5.74) is -0.999. The molecule has 0 amide bonds. The van der Waals surface area contributed by atoms with Crippen LogP contribution in [0.5, 0.6) is 0 Å². The molecular formula is C17H20O6. The van der Waals surface area contributed by atoms with Gasteiger partial charge in [0.2, 0.25) is 0 Å². The Morgan fingerprint density at radius 3 is 2.22 bits per heavy atom. The number of Topliss-reactive ketones (excluding diaryl/α,β-unsaturated/α-hetero) is 1. The molecule has 1 N–H and O–H groups in total. The summed E-state index contributed by atoms with van der Waals surface area (Å²) < 4.78 is 9.56. The lowest BCUT2D eigenvalue weighted by Crippen LogP contribution is -2.55. The number of carbonyl (C=O) groups excluding carboxylic acids is 3. The predicted octanol–water partition coefficient (Wildman–Crippen LogP) is 1.07. The molecule has 1 fully saturated rings. The van der Waals surface area contributed by atoms with Gasteiger partial charge in [-0.25, -0.2) is 0 Å². The van der Waals surface area contributed by atoms with Crippen LogP contribution in [-0.4, -0.2) is 42.6 Å². The van der Waals surface area contributed by atoms with Crippen molar-refractivity contribution in [3.8, 4) is 0 Å². The first-order chi connectivity index (χ1) is 10.8. The summed E-state index contributed by atoms with van der Waals surface area (Å²) in [5.74, 6) is -4.86. The Kier molecular flexibility index (Phi) is 4.85. The van der Waals surface area contributed by atoms with Crippen LogP contribution < -0.4 is 0 Å². The highest BCUT2D eigenvalue weighted by Crippen LogP contribution is 2.46. The van der Waals surface area contributed by atoms with Crippen molar-refractivity contribution in [3.63, 3.8) is 0 Å². The van der Waals surface area contributed by atoms with E-state index in [1.54, 1.807) is 30.3 Å². The Bertz CT molecular complexity index is 607. The summed E-state index contributed by atoms with van der Waals surface area (Å²) >= 11 is 0. The molecule has 0 radical (unpaired) electrons. The second-order valence-corrected chi connectivity index (χ2v) is 5.94. The smallest absolute Gasteiger partial charge is 0.316 e. The molecule has 0 unspecified atom stereocenters. The van der Waals surface area contributed by atoms with E-state index < -0.39 is 41.1 Å². The maximum Gasteiger partial charge on any atom is 0.316 e. The molecule has 124 valence electrons. The summed E-state index contributed by atoms with van der Waals surface area (Å²) in [7, 11) is 2.40. The average molecular weight is 320 g/mol. The molecule has 2 rings (SSSR count). The number of hydrogen-bond donors (Lipinski definition) is 1. The fraction of sp³-hybridized carbons (Fsp3) is 0.471. The van der Waals surface area contributed by atoms with Gasteiger partial charge in [0.15, 0.2) is 5.78 Å². The second-order valence-electron chi connectivity index (χ2n) is 5.94. The van der Waals surface area contributed by atoms with E-state index in [-0.39, 0.29) is 6.42 Å². The van der Waals surface area contributed by atoms with Gasteiger partial charge in [0.1, 0.15) is 5.92 Å². The Hall–Kier alpha value is -2.21. The summed E-state index contributed by atoms with van der Waals surface area (Å²) in [6.07, 6.45) is -0.310. The van der Waals surface area contributed by atoms with Crippen molar-refractivity contribution in [2.45, 2.75) is 24.9 Å². The Labute approximate surface area is 134 Å². The minimum absolute atomic E-state index is 0.310. The third-order valence-corrected chi connectivity index (χ3v) is 4.36. The van der Waals surface area contributed by atoms with Gasteiger partial charge < -0.3 is 14.6 Å². The first kappa shape index (κ1) is 17.1. The fourth-order valence-corrected chi connectivity index (χ4v) is 3.34. The number of esters is 2. The molecule has 23 heavy (non-hydrogen) atoms. The Morgan fingerprint density at radius 1 is 1.13 bits per heavy atom. The topological polar surface area (TPSA) is 89.9 Å². The average Bonchev–Trinajstić information content (AvgIpc) is 2.52. The summed E-state index contributed by atoms with van der Waals surface area (Å²) in [4.78, 5) is 36.9. The van der Waals surface area contributed by atoms with Gasteiger partial charge in [-0.05, 0) is 12.5 Å². The minimum Gasteiger partial charge on any atom is -0.469 e. The van der Waals surface area contributed by atoms with Crippen LogP contribution in [0.2, 0.25) is 0 Å². The van der Waals surface area contributed by atoms with Gasteiger partial charge in [-0.2, -0.15) is 0 Å². The minimum atomic E-state index is -1.60. The van der Waals surface area contributed by atoms with Crippen LogP contribution >= 0.6 is 0 Å². The van der Waals surface area contributed by atoms with E-state index in [4.69, 9.17) is 9.47 Å². The van der Waals surface area contributed by atoms with Crippen LogP contribution in [0.3, 0.4) is 0 Å². The number of ketones is 1. The summed E-state index contributed by atoms with van der Waals surface area (Å²) in [6, 6.07) is 8.70. The molecule has 6 nitrogen and oxygen atoms in total. The molecule has 0 aromatic heterocycles. The zero-order valence-corrected chi connectivity index (χ0v) is 13.3. The second kappa shape index (κ2) is 6.50. The number of methoxy groups -OCH3 is 2. The van der Waals surface area contributed by atoms with Crippen molar-refractivity contribution in [1.82, 2.24) is 0 Å². The SMILES string of the molecule is COC(=O)[C@@H]1C(=O)C[C@@](C)(O)[C@H](C(=O)OC)[C@@H]1c1ccccc1. The molecule has 4 atom stereocenters. The number of benzene rings is 1. The van der Waals surface area contributed by atoms with Crippen LogP contribution in [0, 0.1) is 11.8 Å². The van der Waals surface area contributed by atoms with Crippen LogP contribution in [0.15, 0.2) is 30.3 Å². The first-order valence-corrected chi connectivity index (χ1v) is 7.29. The Balaban J connectivity index is 2.61.